The highest BCUT2D eigenvalue weighted by molar-refractivity contribution is 7.98. The van der Waals surface area contributed by atoms with Crippen LogP contribution in [0.4, 0.5) is 8.78 Å². The Bertz CT molecular complexity index is 716. The van der Waals surface area contributed by atoms with Gasteiger partial charge in [-0.25, -0.2) is 13.8 Å². The topological polar surface area (TPSA) is 67.6 Å². The lowest BCUT2D eigenvalue weighted by Crippen LogP contribution is -1.85. The van der Waals surface area contributed by atoms with Crippen molar-refractivity contribution in [3.05, 3.63) is 35.5 Å². The van der Waals surface area contributed by atoms with Crippen LogP contribution < -0.4 is 0 Å². The van der Waals surface area contributed by atoms with Crippen LogP contribution in [0.1, 0.15) is 18.6 Å². The molecule has 1 aromatic carbocycles. The van der Waals surface area contributed by atoms with Crippen LogP contribution in [0.5, 0.6) is 0 Å². The molecule has 0 atom stereocenters. The fraction of sp³-hybridized carbons (Fsp3) is 0.250. The molecule has 0 saturated heterocycles. The molecular formula is C12H10F2N4OS. The molecule has 3 aromatic rings. The number of imidazole rings is 1. The van der Waals surface area contributed by atoms with Gasteiger partial charge in [-0.3, -0.25) is 0 Å². The summed E-state index contributed by atoms with van der Waals surface area (Å²) in [5.74, 6) is -0.206. The molecule has 3 rings (SSSR count). The van der Waals surface area contributed by atoms with Gasteiger partial charge in [0.05, 0.1) is 16.8 Å². The lowest BCUT2D eigenvalue weighted by molar-refractivity contribution is 0.378. The van der Waals surface area contributed by atoms with Crippen molar-refractivity contribution < 1.29 is 13.3 Å². The van der Waals surface area contributed by atoms with Gasteiger partial charge in [0.2, 0.25) is 5.89 Å². The number of nitrogens with one attached hydrogen (secondary N) is 1. The van der Waals surface area contributed by atoms with E-state index in [0.29, 0.717) is 40.1 Å². The maximum Gasteiger partial charge on any atom is 0.226 e. The number of H-pyrrole nitrogens is 1. The second-order valence-electron chi connectivity index (χ2n) is 4.07. The molecule has 20 heavy (non-hydrogen) atoms. The summed E-state index contributed by atoms with van der Waals surface area (Å²) in [6.45, 7) is 1.92. The summed E-state index contributed by atoms with van der Waals surface area (Å²) < 4.78 is 31.2. The van der Waals surface area contributed by atoms with E-state index < -0.39 is 11.6 Å². The first-order chi connectivity index (χ1) is 9.65. The highest BCUT2D eigenvalue weighted by Gasteiger charge is 2.10. The third-order valence-electron chi connectivity index (χ3n) is 2.65. The monoisotopic (exact) mass is 296 g/mol. The highest BCUT2D eigenvalue weighted by atomic mass is 32.2. The maximum absolute atomic E-state index is 13.1. The van der Waals surface area contributed by atoms with E-state index in [9.17, 15) is 8.78 Å². The number of aromatic amines is 1. The molecule has 0 aliphatic rings. The molecule has 8 heteroatoms. The van der Waals surface area contributed by atoms with Crippen LogP contribution in [0, 0.1) is 11.6 Å². The minimum absolute atomic E-state index is 0.383. The molecule has 0 amide bonds. The Morgan fingerprint density at radius 2 is 2.05 bits per heavy atom. The van der Waals surface area contributed by atoms with Gasteiger partial charge in [-0.1, -0.05) is 23.8 Å². The van der Waals surface area contributed by atoms with Crippen molar-refractivity contribution in [1.82, 2.24) is 20.1 Å². The molecule has 0 aliphatic carbocycles. The predicted molar refractivity (Wildman–Crippen MR) is 69.2 cm³/mol. The van der Waals surface area contributed by atoms with Crippen molar-refractivity contribution in [3.63, 3.8) is 0 Å². The molecule has 0 bridgehead atoms. The van der Waals surface area contributed by atoms with Gasteiger partial charge in [0.25, 0.3) is 0 Å². The molecule has 0 spiro atoms. The lowest BCUT2D eigenvalue weighted by atomic mass is 10.3. The summed E-state index contributed by atoms with van der Waals surface area (Å²) in [5.41, 5.74) is 0.836. The predicted octanol–water partition coefficient (Wildman–Crippen LogP) is 3.08. The minimum atomic E-state index is -0.911. The second-order valence-corrected chi connectivity index (χ2v) is 5.04. The van der Waals surface area contributed by atoms with E-state index in [1.165, 1.54) is 11.8 Å². The van der Waals surface area contributed by atoms with E-state index in [1.807, 2.05) is 6.92 Å². The van der Waals surface area contributed by atoms with Crippen molar-refractivity contribution >= 4 is 22.8 Å². The van der Waals surface area contributed by atoms with Gasteiger partial charge in [-0.05, 0) is 0 Å². The summed E-state index contributed by atoms with van der Waals surface area (Å²) in [5, 5.41) is 4.36. The molecule has 0 aliphatic heterocycles. The normalized spacial score (nSPS) is 11.3. The van der Waals surface area contributed by atoms with Crippen molar-refractivity contribution in [2.24, 2.45) is 0 Å². The lowest BCUT2D eigenvalue weighted by Gasteiger charge is -1.91. The molecule has 0 unspecified atom stereocenters. The van der Waals surface area contributed by atoms with Crippen LogP contribution in [-0.2, 0) is 12.2 Å². The van der Waals surface area contributed by atoms with Crippen LogP contribution in [0.3, 0.4) is 0 Å². The smallest absolute Gasteiger partial charge is 0.226 e. The fourth-order valence-electron chi connectivity index (χ4n) is 1.68. The third kappa shape index (κ3) is 2.51. The number of hydrogen-bond donors (Lipinski definition) is 1. The van der Waals surface area contributed by atoms with Gasteiger partial charge in [0, 0.05) is 18.6 Å². The molecule has 0 radical (unpaired) electrons. The Kier molecular flexibility index (Phi) is 3.39. The number of benzene rings is 1. The van der Waals surface area contributed by atoms with Crippen molar-refractivity contribution in [2.75, 3.05) is 0 Å². The Morgan fingerprint density at radius 1 is 1.25 bits per heavy atom. The van der Waals surface area contributed by atoms with E-state index in [0.717, 1.165) is 12.1 Å². The maximum atomic E-state index is 13.1. The van der Waals surface area contributed by atoms with Gasteiger partial charge in [-0.2, -0.15) is 4.98 Å². The van der Waals surface area contributed by atoms with E-state index >= 15 is 0 Å². The zero-order valence-electron chi connectivity index (χ0n) is 10.5. The van der Waals surface area contributed by atoms with Crippen LogP contribution in [0.25, 0.3) is 11.0 Å². The quantitative estimate of drug-likeness (QED) is 0.749. The van der Waals surface area contributed by atoms with Gasteiger partial charge in [0.15, 0.2) is 22.6 Å². The fourth-order valence-corrected chi connectivity index (χ4v) is 2.40. The van der Waals surface area contributed by atoms with Gasteiger partial charge in [0.1, 0.15) is 0 Å². The average Bonchev–Trinajstić information content (AvgIpc) is 3.03. The molecule has 2 heterocycles. The molecule has 104 valence electrons. The Hall–Kier alpha value is -1.96. The van der Waals surface area contributed by atoms with Gasteiger partial charge >= 0.3 is 0 Å². The van der Waals surface area contributed by atoms with Crippen molar-refractivity contribution in [1.29, 1.82) is 0 Å². The summed E-state index contributed by atoms with van der Waals surface area (Å²) in [6, 6.07) is 2.15. The van der Waals surface area contributed by atoms with Crippen LogP contribution in [0.2, 0.25) is 0 Å². The largest absolute Gasteiger partial charge is 0.339 e. The molecule has 0 saturated carbocycles. The Morgan fingerprint density at radius 3 is 2.80 bits per heavy atom. The van der Waals surface area contributed by atoms with Crippen molar-refractivity contribution in [2.45, 2.75) is 24.3 Å². The zero-order valence-corrected chi connectivity index (χ0v) is 11.3. The van der Waals surface area contributed by atoms with Crippen LogP contribution >= 0.6 is 11.8 Å². The molecule has 1 N–H and O–H groups in total. The first-order valence-corrected chi connectivity index (χ1v) is 6.93. The number of hydrogen-bond acceptors (Lipinski definition) is 5. The first-order valence-electron chi connectivity index (χ1n) is 5.94. The van der Waals surface area contributed by atoms with Crippen LogP contribution in [0.15, 0.2) is 21.8 Å². The van der Waals surface area contributed by atoms with E-state index in [2.05, 4.69) is 20.1 Å². The second kappa shape index (κ2) is 5.20. The van der Waals surface area contributed by atoms with E-state index in [1.54, 1.807) is 0 Å². The van der Waals surface area contributed by atoms with E-state index in [-0.39, 0.29) is 0 Å². The number of rotatable bonds is 4. The number of aromatic nitrogens is 4. The molecule has 5 nitrogen and oxygen atoms in total. The Labute approximate surface area is 116 Å². The average molecular weight is 296 g/mol. The molecule has 2 aromatic heterocycles. The van der Waals surface area contributed by atoms with E-state index in [4.69, 9.17) is 4.52 Å². The highest BCUT2D eigenvalue weighted by Crippen LogP contribution is 2.23. The Balaban J connectivity index is 1.77. The number of aryl methyl sites for hydroxylation is 1. The summed E-state index contributed by atoms with van der Waals surface area (Å²) in [4.78, 5) is 11.3. The standard InChI is InChI=1S/C12H10F2N4OS/c1-2-11-17-10(18-19-11)5-20-12-15-8-3-6(13)7(14)4-9(8)16-12/h3-4H,2,5H2,1H3,(H,15,16). The summed E-state index contributed by atoms with van der Waals surface area (Å²) in [6.07, 6.45) is 0.681. The SMILES string of the molecule is CCc1nc(CSc2nc3cc(F)c(F)cc3[nH]2)no1. The number of fused-ring (bicyclic) bond motifs is 1. The van der Waals surface area contributed by atoms with Crippen molar-refractivity contribution in [3.8, 4) is 0 Å². The third-order valence-corrected chi connectivity index (χ3v) is 3.52. The number of thioether (sulfide) groups is 1. The molecular weight excluding hydrogens is 286 g/mol. The minimum Gasteiger partial charge on any atom is -0.339 e. The first kappa shape index (κ1) is 13.0. The van der Waals surface area contributed by atoms with Gasteiger partial charge in [-0.15, -0.1) is 0 Å². The number of halogens is 2. The summed E-state index contributed by atoms with van der Waals surface area (Å²) >= 11 is 1.34. The zero-order chi connectivity index (χ0) is 14.1. The molecule has 0 fully saturated rings. The van der Waals surface area contributed by atoms with Gasteiger partial charge < -0.3 is 9.51 Å². The van der Waals surface area contributed by atoms with Crippen LogP contribution in [-0.4, -0.2) is 20.1 Å². The number of nitrogens with zero attached hydrogens (tertiary/aromatic N) is 3. The summed E-state index contributed by atoms with van der Waals surface area (Å²) in [7, 11) is 0.